The van der Waals surface area contributed by atoms with Crippen LogP contribution in [0.4, 0.5) is 5.69 Å². The molecule has 0 aliphatic rings. The summed E-state index contributed by atoms with van der Waals surface area (Å²) in [6.45, 7) is 1.80. The van der Waals surface area contributed by atoms with Crippen molar-refractivity contribution < 1.29 is 5.11 Å². The Morgan fingerprint density at radius 3 is 2.10 bits per heavy atom. The van der Waals surface area contributed by atoms with Crippen molar-refractivity contribution in [2.45, 2.75) is 12.5 Å². The molecule has 0 heterocycles. The molecule has 0 amide bonds. The quantitative estimate of drug-likeness (QED) is 0.913. The van der Waals surface area contributed by atoms with Crippen molar-refractivity contribution in [3.63, 3.8) is 0 Å². The Balaban J connectivity index is 2.16. The van der Waals surface area contributed by atoms with Crippen molar-refractivity contribution in [3.8, 4) is 0 Å². The molecule has 0 radical (unpaired) electrons. The van der Waals surface area contributed by atoms with Crippen molar-refractivity contribution in [1.29, 1.82) is 0 Å². The molecule has 0 aliphatic carbocycles. The van der Waals surface area contributed by atoms with Crippen molar-refractivity contribution >= 4 is 11.8 Å². The Bertz CT molecular complexity index is 568. The third-order valence-electron chi connectivity index (χ3n) is 3.37. The minimum Gasteiger partial charge on any atom is -0.381 e. The molecule has 0 saturated heterocycles. The lowest BCUT2D eigenvalue weighted by Gasteiger charge is -2.19. The molecule has 2 nitrogen and oxygen atoms in total. The molecule has 2 heteroatoms. The zero-order chi connectivity index (χ0) is 14.6. The van der Waals surface area contributed by atoms with Gasteiger partial charge in [0.2, 0.25) is 0 Å². The number of anilines is 1. The Hall–Kier alpha value is -2.06. The van der Waals surface area contributed by atoms with Crippen LogP contribution in [0.1, 0.15) is 18.1 Å². The molecule has 1 atom stereocenters. The van der Waals surface area contributed by atoms with Gasteiger partial charge in [0.25, 0.3) is 0 Å². The highest BCUT2D eigenvalue weighted by Gasteiger charge is 2.18. The molecule has 104 valence electrons. The average Bonchev–Trinajstić information content (AvgIpc) is 2.46. The fraction of sp³-hybridized carbons (Fsp3) is 0.222. The van der Waals surface area contributed by atoms with E-state index in [1.807, 2.05) is 68.7 Å². The maximum absolute atomic E-state index is 10.5. The van der Waals surface area contributed by atoms with E-state index in [0.717, 1.165) is 16.8 Å². The first-order valence-corrected chi connectivity index (χ1v) is 6.73. The maximum atomic E-state index is 10.5. The van der Waals surface area contributed by atoms with Crippen LogP contribution in [-0.2, 0) is 5.60 Å². The molecule has 1 N–H and O–H groups in total. The van der Waals surface area contributed by atoms with Gasteiger partial charge in [0.05, 0.1) is 0 Å². The van der Waals surface area contributed by atoms with E-state index in [-0.39, 0.29) is 0 Å². The second-order valence-electron chi connectivity index (χ2n) is 5.33. The molecule has 2 aromatic rings. The lowest BCUT2D eigenvalue weighted by atomic mass is 9.95. The van der Waals surface area contributed by atoms with Gasteiger partial charge in [-0.05, 0) is 36.3 Å². The highest BCUT2D eigenvalue weighted by atomic mass is 16.3. The normalized spacial score (nSPS) is 14.2. The number of nitrogens with zero attached hydrogens (tertiary/aromatic N) is 1. The first-order chi connectivity index (χ1) is 9.49. The molecule has 0 fully saturated rings. The molecule has 0 unspecified atom stereocenters. The van der Waals surface area contributed by atoms with Crippen molar-refractivity contribution in [1.82, 2.24) is 0 Å². The van der Waals surface area contributed by atoms with E-state index in [4.69, 9.17) is 0 Å². The predicted molar refractivity (Wildman–Crippen MR) is 85.8 cm³/mol. The summed E-state index contributed by atoms with van der Waals surface area (Å²) in [5.41, 5.74) is 2.17. The summed E-state index contributed by atoms with van der Waals surface area (Å²) >= 11 is 0. The number of benzene rings is 2. The molecule has 0 bridgehead atoms. The van der Waals surface area contributed by atoms with Gasteiger partial charge in [-0.3, -0.25) is 0 Å². The summed E-state index contributed by atoms with van der Waals surface area (Å²) in [5.74, 6) is 0. The molecular formula is C18H21NO. The van der Waals surface area contributed by atoms with Gasteiger partial charge in [-0.1, -0.05) is 48.5 Å². The Morgan fingerprint density at radius 1 is 0.950 bits per heavy atom. The van der Waals surface area contributed by atoms with E-state index in [1.165, 1.54) is 0 Å². The summed E-state index contributed by atoms with van der Waals surface area (Å²) in [7, 11) is 4.04. The van der Waals surface area contributed by atoms with Crippen molar-refractivity contribution in [3.05, 3.63) is 71.8 Å². The molecule has 0 aliphatic heterocycles. The summed E-state index contributed by atoms with van der Waals surface area (Å²) in [6.07, 6.45) is 3.78. The molecule has 0 saturated carbocycles. The maximum Gasteiger partial charge on any atom is 0.105 e. The van der Waals surface area contributed by atoms with Crippen LogP contribution in [0, 0.1) is 0 Å². The highest BCUT2D eigenvalue weighted by Crippen LogP contribution is 2.23. The number of hydrogen-bond donors (Lipinski definition) is 1. The third kappa shape index (κ3) is 3.49. The fourth-order valence-corrected chi connectivity index (χ4v) is 2.01. The molecule has 20 heavy (non-hydrogen) atoms. The first kappa shape index (κ1) is 14.4. The summed E-state index contributed by atoms with van der Waals surface area (Å²) < 4.78 is 0. The molecule has 2 rings (SSSR count). The summed E-state index contributed by atoms with van der Waals surface area (Å²) in [4.78, 5) is 2.06. The van der Waals surface area contributed by atoms with Gasteiger partial charge in [0, 0.05) is 19.8 Å². The number of rotatable bonds is 4. The average molecular weight is 267 g/mol. The minimum absolute atomic E-state index is 0.890. The van der Waals surface area contributed by atoms with Gasteiger partial charge in [0.15, 0.2) is 0 Å². The zero-order valence-electron chi connectivity index (χ0n) is 12.2. The van der Waals surface area contributed by atoms with E-state index in [9.17, 15) is 5.11 Å². The second-order valence-corrected chi connectivity index (χ2v) is 5.33. The Kier molecular flexibility index (Phi) is 4.26. The largest absolute Gasteiger partial charge is 0.381 e. The van der Waals surface area contributed by atoms with Crippen LogP contribution in [0.2, 0.25) is 0 Å². The standard InChI is InChI=1S/C18H21NO/c1-18(20,16-7-5-4-6-8-16)14-13-15-9-11-17(12-10-15)19(2)3/h4-14,20H,1-3H3/t18-/m1/s1. The second kappa shape index (κ2) is 5.93. The van der Waals surface area contributed by atoms with Gasteiger partial charge >= 0.3 is 0 Å². The van der Waals surface area contributed by atoms with Crippen LogP contribution >= 0.6 is 0 Å². The summed E-state index contributed by atoms with van der Waals surface area (Å²) in [5, 5.41) is 10.5. The minimum atomic E-state index is -0.957. The van der Waals surface area contributed by atoms with Crippen LogP contribution in [0.25, 0.3) is 6.08 Å². The lowest BCUT2D eigenvalue weighted by molar-refractivity contribution is 0.112. The van der Waals surface area contributed by atoms with Gasteiger partial charge in [-0.2, -0.15) is 0 Å². The summed E-state index contributed by atoms with van der Waals surface area (Å²) in [6, 6.07) is 17.9. The smallest absolute Gasteiger partial charge is 0.105 e. The molecule has 0 aromatic heterocycles. The van der Waals surface area contributed by atoms with E-state index in [1.54, 1.807) is 6.92 Å². The van der Waals surface area contributed by atoms with Gasteiger partial charge in [-0.25, -0.2) is 0 Å². The predicted octanol–water partition coefficient (Wildman–Crippen LogP) is 3.67. The third-order valence-corrected chi connectivity index (χ3v) is 3.37. The number of hydrogen-bond acceptors (Lipinski definition) is 2. The van der Waals surface area contributed by atoms with E-state index < -0.39 is 5.60 Å². The van der Waals surface area contributed by atoms with E-state index >= 15 is 0 Å². The van der Waals surface area contributed by atoms with Crippen molar-refractivity contribution in [2.24, 2.45) is 0 Å². The lowest BCUT2D eigenvalue weighted by Crippen LogP contribution is -2.17. The monoisotopic (exact) mass is 267 g/mol. The van der Waals surface area contributed by atoms with Crippen LogP contribution in [0.15, 0.2) is 60.7 Å². The van der Waals surface area contributed by atoms with Crippen molar-refractivity contribution in [2.75, 3.05) is 19.0 Å². The molecular weight excluding hydrogens is 246 g/mol. The first-order valence-electron chi connectivity index (χ1n) is 6.73. The topological polar surface area (TPSA) is 23.5 Å². The number of aliphatic hydroxyl groups is 1. The van der Waals surface area contributed by atoms with E-state index in [0.29, 0.717) is 0 Å². The van der Waals surface area contributed by atoms with Gasteiger partial charge < -0.3 is 10.0 Å². The van der Waals surface area contributed by atoms with Crippen LogP contribution in [-0.4, -0.2) is 19.2 Å². The molecule has 2 aromatic carbocycles. The van der Waals surface area contributed by atoms with E-state index in [2.05, 4.69) is 17.0 Å². The highest BCUT2D eigenvalue weighted by molar-refractivity contribution is 5.56. The van der Waals surface area contributed by atoms with Crippen LogP contribution in [0.5, 0.6) is 0 Å². The molecule has 0 spiro atoms. The fourth-order valence-electron chi connectivity index (χ4n) is 2.01. The van der Waals surface area contributed by atoms with Crippen LogP contribution < -0.4 is 4.90 Å². The Morgan fingerprint density at radius 2 is 1.55 bits per heavy atom. The van der Waals surface area contributed by atoms with Crippen LogP contribution in [0.3, 0.4) is 0 Å². The van der Waals surface area contributed by atoms with Gasteiger partial charge in [0.1, 0.15) is 5.60 Å². The van der Waals surface area contributed by atoms with Gasteiger partial charge in [-0.15, -0.1) is 0 Å². The SMILES string of the molecule is CN(C)c1ccc(C=C[C@@](C)(O)c2ccccc2)cc1. The Labute approximate surface area is 121 Å². The zero-order valence-corrected chi connectivity index (χ0v) is 12.2.